The number of hydrogen-bond donors (Lipinski definition) is 2. The molecule has 1 aliphatic rings. The summed E-state index contributed by atoms with van der Waals surface area (Å²) in [5.74, 6) is 0.716. The van der Waals surface area contributed by atoms with Crippen LogP contribution in [-0.4, -0.2) is 17.1 Å². The predicted octanol–water partition coefficient (Wildman–Crippen LogP) is 3.03. The molecule has 21 heavy (non-hydrogen) atoms. The number of carbonyl (C=O) groups excluding carboxylic acids is 1. The van der Waals surface area contributed by atoms with Crippen LogP contribution in [0.5, 0.6) is 11.5 Å². The summed E-state index contributed by atoms with van der Waals surface area (Å²) in [6.45, 7) is 2.04. The zero-order valence-electron chi connectivity index (χ0n) is 11.8. The number of anilines is 1. The fraction of sp³-hybridized carbons (Fsp3) is 0.235. The maximum absolute atomic E-state index is 12.2. The van der Waals surface area contributed by atoms with Crippen LogP contribution < -0.4 is 10.1 Å². The maximum atomic E-state index is 12.2. The van der Waals surface area contributed by atoms with E-state index in [1.807, 2.05) is 19.1 Å². The van der Waals surface area contributed by atoms with Crippen LogP contribution in [0, 0.1) is 6.92 Å². The highest BCUT2D eigenvalue weighted by molar-refractivity contribution is 5.94. The van der Waals surface area contributed by atoms with Crippen molar-refractivity contribution in [2.45, 2.75) is 25.9 Å². The SMILES string of the molecule is Cc1ccc2c(c1)CCC(C(=O)Nc1cccc(O)c1)O2. The number of hydrogen-bond acceptors (Lipinski definition) is 3. The summed E-state index contributed by atoms with van der Waals surface area (Å²) in [4.78, 5) is 12.2. The molecule has 2 aromatic carbocycles. The van der Waals surface area contributed by atoms with Gasteiger partial charge in [-0.1, -0.05) is 23.8 Å². The number of benzene rings is 2. The number of aromatic hydroxyl groups is 1. The molecule has 4 heteroatoms. The number of ether oxygens (including phenoxy) is 1. The zero-order chi connectivity index (χ0) is 14.8. The van der Waals surface area contributed by atoms with Crippen molar-refractivity contribution < 1.29 is 14.6 Å². The molecule has 1 aliphatic heterocycles. The van der Waals surface area contributed by atoms with Gasteiger partial charge in [-0.3, -0.25) is 4.79 Å². The van der Waals surface area contributed by atoms with Gasteiger partial charge in [-0.05, 0) is 43.5 Å². The smallest absolute Gasteiger partial charge is 0.265 e. The second kappa shape index (κ2) is 5.48. The van der Waals surface area contributed by atoms with Crippen molar-refractivity contribution in [2.24, 2.45) is 0 Å². The van der Waals surface area contributed by atoms with E-state index in [-0.39, 0.29) is 11.7 Å². The quantitative estimate of drug-likeness (QED) is 0.890. The molecule has 1 amide bonds. The van der Waals surface area contributed by atoms with E-state index in [1.54, 1.807) is 18.2 Å². The van der Waals surface area contributed by atoms with Gasteiger partial charge in [0, 0.05) is 11.8 Å². The lowest BCUT2D eigenvalue weighted by atomic mass is 10.00. The third-order valence-corrected chi connectivity index (χ3v) is 3.57. The first-order valence-corrected chi connectivity index (χ1v) is 6.98. The van der Waals surface area contributed by atoms with E-state index in [2.05, 4.69) is 11.4 Å². The fourth-order valence-corrected chi connectivity index (χ4v) is 2.51. The minimum atomic E-state index is -0.498. The topological polar surface area (TPSA) is 58.6 Å². The molecule has 2 aromatic rings. The van der Waals surface area contributed by atoms with E-state index in [1.165, 1.54) is 11.6 Å². The lowest BCUT2D eigenvalue weighted by Gasteiger charge is -2.25. The molecular weight excluding hydrogens is 266 g/mol. The minimum absolute atomic E-state index is 0.123. The molecule has 0 bridgehead atoms. The van der Waals surface area contributed by atoms with Crippen LogP contribution in [0.25, 0.3) is 0 Å². The van der Waals surface area contributed by atoms with Crippen molar-refractivity contribution in [2.75, 3.05) is 5.32 Å². The van der Waals surface area contributed by atoms with Gasteiger partial charge in [-0.2, -0.15) is 0 Å². The Morgan fingerprint density at radius 1 is 1.29 bits per heavy atom. The van der Waals surface area contributed by atoms with Crippen molar-refractivity contribution in [3.05, 3.63) is 53.6 Å². The molecular formula is C17H17NO3. The lowest BCUT2D eigenvalue weighted by molar-refractivity contribution is -0.123. The van der Waals surface area contributed by atoms with Crippen LogP contribution >= 0.6 is 0 Å². The first-order chi connectivity index (χ1) is 10.1. The number of amides is 1. The summed E-state index contributed by atoms with van der Waals surface area (Å²) in [5.41, 5.74) is 2.91. The Balaban J connectivity index is 1.71. The molecule has 4 nitrogen and oxygen atoms in total. The van der Waals surface area contributed by atoms with E-state index in [4.69, 9.17) is 4.74 Å². The van der Waals surface area contributed by atoms with Crippen molar-refractivity contribution in [1.29, 1.82) is 0 Å². The van der Waals surface area contributed by atoms with E-state index in [0.29, 0.717) is 12.1 Å². The molecule has 0 aromatic heterocycles. The monoisotopic (exact) mass is 283 g/mol. The first kappa shape index (κ1) is 13.5. The summed E-state index contributed by atoms with van der Waals surface area (Å²) >= 11 is 0. The summed E-state index contributed by atoms with van der Waals surface area (Å²) < 4.78 is 5.78. The highest BCUT2D eigenvalue weighted by Gasteiger charge is 2.26. The van der Waals surface area contributed by atoms with Crippen LogP contribution in [0.2, 0.25) is 0 Å². The van der Waals surface area contributed by atoms with Gasteiger partial charge in [0.05, 0.1) is 0 Å². The summed E-state index contributed by atoms with van der Waals surface area (Å²) in [5, 5.41) is 12.2. The zero-order valence-corrected chi connectivity index (χ0v) is 11.8. The van der Waals surface area contributed by atoms with Gasteiger partial charge in [-0.15, -0.1) is 0 Å². The number of phenols is 1. The number of aryl methyl sites for hydroxylation is 2. The van der Waals surface area contributed by atoms with Gasteiger partial charge >= 0.3 is 0 Å². The Kier molecular flexibility index (Phi) is 3.52. The third-order valence-electron chi connectivity index (χ3n) is 3.57. The Hall–Kier alpha value is -2.49. The highest BCUT2D eigenvalue weighted by Crippen LogP contribution is 2.29. The van der Waals surface area contributed by atoms with Crippen LogP contribution in [0.3, 0.4) is 0 Å². The van der Waals surface area contributed by atoms with Crippen LogP contribution in [0.15, 0.2) is 42.5 Å². The van der Waals surface area contributed by atoms with Gasteiger partial charge in [0.2, 0.25) is 0 Å². The molecule has 3 rings (SSSR count). The maximum Gasteiger partial charge on any atom is 0.265 e. The van der Waals surface area contributed by atoms with Crippen LogP contribution in [0.4, 0.5) is 5.69 Å². The van der Waals surface area contributed by atoms with Gasteiger partial charge in [0.25, 0.3) is 5.91 Å². The molecule has 0 aliphatic carbocycles. The molecule has 0 fully saturated rings. The second-order valence-corrected chi connectivity index (χ2v) is 5.30. The predicted molar refractivity (Wildman–Crippen MR) is 80.7 cm³/mol. The van der Waals surface area contributed by atoms with Crippen molar-refractivity contribution >= 4 is 11.6 Å². The molecule has 0 radical (unpaired) electrons. The fourth-order valence-electron chi connectivity index (χ4n) is 2.51. The van der Waals surface area contributed by atoms with Gasteiger partial charge in [0.1, 0.15) is 11.5 Å². The van der Waals surface area contributed by atoms with Crippen LogP contribution in [0.1, 0.15) is 17.5 Å². The average molecular weight is 283 g/mol. The van der Waals surface area contributed by atoms with Crippen LogP contribution in [-0.2, 0) is 11.2 Å². The number of fused-ring (bicyclic) bond motifs is 1. The Labute approximate surface area is 123 Å². The largest absolute Gasteiger partial charge is 0.508 e. The van der Waals surface area contributed by atoms with Gasteiger partial charge < -0.3 is 15.2 Å². The molecule has 1 atom stereocenters. The Morgan fingerprint density at radius 2 is 2.14 bits per heavy atom. The molecule has 1 unspecified atom stereocenters. The van der Waals surface area contributed by atoms with Crippen molar-refractivity contribution in [3.8, 4) is 11.5 Å². The normalized spacial score (nSPS) is 16.7. The molecule has 0 saturated heterocycles. The van der Waals surface area contributed by atoms with E-state index >= 15 is 0 Å². The Morgan fingerprint density at radius 3 is 2.95 bits per heavy atom. The first-order valence-electron chi connectivity index (χ1n) is 6.98. The number of carbonyl (C=O) groups is 1. The third kappa shape index (κ3) is 2.99. The summed E-state index contributed by atoms with van der Waals surface area (Å²) in [6, 6.07) is 12.5. The average Bonchev–Trinajstić information content (AvgIpc) is 2.46. The van der Waals surface area contributed by atoms with Crippen molar-refractivity contribution in [3.63, 3.8) is 0 Å². The minimum Gasteiger partial charge on any atom is -0.508 e. The summed E-state index contributed by atoms with van der Waals surface area (Å²) in [7, 11) is 0. The molecule has 1 heterocycles. The van der Waals surface area contributed by atoms with Crippen molar-refractivity contribution in [1.82, 2.24) is 0 Å². The summed E-state index contributed by atoms with van der Waals surface area (Å²) in [6.07, 6.45) is 0.985. The number of phenolic OH excluding ortho intramolecular Hbond substituents is 1. The van der Waals surface area contributed by atoms with E-state index in [9.17, 15) is 9.90 Å². The standard InChI is InChI=1S/C17H17NO3/c1-11-5-7-15-12(9-11)6-8-16(21-15)17(20)18-13-3-2-4-14(19)10-13/h2-5,7,9-10,16,19H,6,8H2,1H3,(H,18,20). The molecule has 2 N–H and O–H groups in total. The second-order valence-electron chi connectivity index (χ2n) is 5.30. The Bertz CT molecular complexity index is 681. The molecule has 108 valence electrons. The molecule has 0 spiro atoms. The molecule has 0 saturated carbocycles. The van der Waals surface area contributed by atoms with Gasteiger partial charge in [0.15, 0.2) is 6.10 Å². The highest BCUT2D eigenvalue weighted by atomic mass is 16.5. The number of rotatable bonds is 2. The van der Waals surface area contributed by atoms with E-state index < -0.39 is 6.10 Å². The van der Waals surface area contributed by atoms with Gasteiger partial charge in [-0.25, -0.2) is 0 Å². The number of nitrogens with one attached hydrogen (secondary N) is 1. The lowest BCUT2D eigenvalue weighted by Crippen LogP contribution is -2.35. The van der Waals surface area contributed by atoms with E-state index in [0.717, 1.165) is 17.7 Å².